The monoisotopic (exact) mass is 284 g/mol. The summed E-state index contributed by atoms with van der Waals surface area (Å²) in [5.74, 6) is 0. The summed E-state index contributed by atoms with van der Waals surface area (Å²) < 4.78 is 1.78. The van der Waals surface area contributed by atoms with E-state index < -0.39 is 0 Å². The van der Waals surface area contributed by atoms with Crippen molar-refractivity contribution in [2.45, 2.75) is 45.1 Å². The number of nitrogens with zero attached hydrogens (tertiary/aromatic N) is 1. The van der Waals surface area contributed by atoms with E-state index in [2.05, 4.69) is 17.1 Å². The van der Waals surface area contributed by atoms with Crippen molar-refractivity contribution in [1.29, 1.82) is 0 Å². The Kier molecular flexibility index (Phi) is 4.04. The Balaban J connectivity index is 1.79. The van der Waals surface area contributed by atoms with Crippen molar-refractivity contribution >= 4 is 0 Å². The fraction of sp³-hybridized carbons (Fsp3) is 0.412. The van der Waals surface area contributed by atoms with Crippen molar-refractivity contribution in [2.24, 2.45) is 0 Å². The van der Waals surface area contributed by atoms with Crippen molar-refractivity contribution in [2.75, 3.05) is 0 Å². The number of fused-ring (bicyclic) bond motifs is 1. The van der Waals surface area contributed by atoms with E-state index in [1.165, 1.54) is 5.56 Å². The molecule has 0 bridgehead atoms. The third-order valence-corrected chi connectivity index (χ3v) is 4.19. The van der Waals surface area contributed by atoms with Crippen LogP contribution in [0.1, 0.15) is 36.1 Å². The molecule has 1 aromatic carbocycles. The van der Waals surface area contributed by atoms with E-state index in [0.29, 0.717) is 6.54 Å². The van der Waals surface area contributed by atoms with Crippen LogP contribution in [-0.2, 0) is 25.8 Å². The predicted molar refractivity (Wildman–Crippen MR) is 82.7 cm³/mol. The maximum atomic E-state index is 12.1. The Labute approximate surface area is 123 Å². The first-order valence-corrected chi connectivity index (χ1v) is 7.64. The number of nitrogens with one attached hydrogen (secondary N) is 1. The second-order valence-corrected chi connectivity index (χ2v) is 5.63. The molecule has 0 radical (unpaired) electrons. The van der Waals surface area contributed by atoms with Gasteiger partial charge in [0.15, 0.2) is 0 Å². The van der Waals surface area contributed by atoms with Crippen LogP contribution in [0.2, 0.25) is 0 Å². The van der Waals surface area contributed by atoms with Gasteiger partial charge in [0, 0.05) is 17.8 Å². The largest absolute Gasteiger partial charge is 0.328 e. The second-order valence-electron chi connectivity index (χ2n) is 5.63. The van der Waals surface area contributed by atoms with Crippen LogP contribution in [0.3, 0.4) is 0 Å². The average molecular weight is 284 g/mol. The predicted octanol–water partition coefficient (Wildman–Crippen LogP) is 2.05. The third-order valence-electron chi connectivity index (χ3n) is 4.19. The lowest BCUT2D eigenvalue weighted by molar-refractivity contribution is 0.534. The Bertz CT molecular complexity index is 729. The van der Waals surface area contributed by atoms with Crippen LogP contribution in [0.15, 0.2) is 39.9 Å². The van der Waals surface area contributed by atoms with Crippen molar-refractivity contribution in [3.05, 3.63) is 68.0 Å². The van der Waals surface area contributed by atoms with Gasteiger partial charge < -0.3 is 0 Å². The lowest BCUT2D eigenvalue weighted by Gasteiger charge is -2.19. The summed E-state index contributed by atoms with van der Waals surface area (Å²) in [5.41, 5.74) is 2.62. The molecular weight excluding hydrogens is 264 g/mol. The number of hydrogen-bond donors (Lipinski definition) is 1. The molecule has 0 fully saturated rings. The molecule has 0 amide bonds. The molecule has 2 aromatic rings. The van der Waals surface area contributed by atoms with E-state index in [4.69, 9.17) is 0 Å². The third kappa shape index (κ3) is 2.99. The standard InChI is InChI=1S/C17H20N2O2/c20-16-14-10-4-5-11-15(14)19(17(21)18-16)12-6-9-13-7-2-1-3-8-13/h1-3,7-8H,4-6,9-12H2,(H,18,20,21). The summed E-state index contributed by atoms with van der Waals surface area (Å²) in [6.07, 6.45) is 5.60. The Morgan fingerprint density at radius 2 is 1.81 bits per heavy atom. The normalized spacial score (nSPS) is 13.9. The minimum atomic E-state index is -0.256. The molecule has 0 saturated carbocycles. The zero-order valence-electron chi connectivity index (χ0n) is 12.1. The van der Waals surface area contributed by atoms with Gasteiger partial charge in [-0.3, -0.25) is 14.3 Å². The molecular formula is C17H20N2O2. The van der Waals surface area contributed by atoms with Crippen molar-refractivity contribution in [3.63, 3.8) is 0 Å². The van der Waals surface area contributed by atoms with E-state index in [0.717, 1.165) is 49.8 Å². The average Bonchev–Trinajstić information content (AvgIpc) is 2.51. The molecule has 0 spiro atoms. The fourth-order valence-corrected chi connectivity index (χ4v) is 3.12. The number of aromatic amines is 1. The van der Waals surface area contributed by atoms with Gasteiger partial charge in [0.2, 0.25) is 0 Å². The van der Waals surface area contributed by atoms with Crippen LogP contribution in [0.5, 0.6) is 0 Å². The van der Waals surface area contributed by atoms with E-state index in [9.17, 15) is 9.59 Å². The molecule has 4 nitrogen and oxygen atoms in total. The van der Waals surface area contributed by atoms with E-state index >= 15 is 0 Å². The zero-order valence-corrected chi connectivity index (χ0v) is 12.1. The second kappa shape index (κ2) is 6.12. The minimum Gasteiger partial charge on any atom is -0.297 e. The van der Waals surface area contributed by atoms with Crippen molar-refractivity contribution in [3.8, 4) is 0 Å². The number of H-pyrrole nitrogens is 1. The van der Waals surface area contributed by atoms with Gasteiger partial charge in [-0.05, 0) is 44.1 Å². The Morgan fingerprint density at radius 1 is 1.05 bits per heavy atom. The van der Waals surface area contributed by atoms with Crippen LogP contribution >= 0.6 is 0 Å². The molecule has 0 atom stereocenters. The van der Waals surface area contributed by atoms with Crippen LogP contribution in [0.25, 0.3) is 0 Å². The van der Waals surface area contributed by atoms with Crippen LogP contribution in [0, 0.1) is 0 Å². The summed E-state index contributed by atoms with van der Waals surface area (Å²) in [4.78, 5) is 26.4. The summed E-state index contributed by atoms with van der Waals surface area (Å²) in [7, 11) is 0. The van der Waals surface area contributed by atoms with Gasteiger partial charge in [-0.15, -0.1) is 0 Å². The first-order chi connectivity index (χ1) is 10.3. The highest BCUT2D eigenvalue weighted by atomic mass is 16.2. The molecule has 0 saturated heterocycles. The lowest BCUT2D eigenvalue weighted by atomic mass is 9.96. The molecule has 3 rings (SSSR count). The minimum absolute atomic E-state index is 0.186. The van der Waals surface area contributed by atoms with Gasteiger partial charge in [0.1, 0.15) is 0 Å². The summed E-state index contributed by atoms with van der Waals surface area (Å²) in [6, 6.07) is 10.3. The fourth-order valence-electron chi connectivity index (χ4n) is 3.12. The zero-order chi connectivity index (χ0) is 14.7. The van der Waals surface area contributed by atoms with Gasteiger partial charge >= 0.3 is 5.69 Å². The molecule has 1 N–H and O–H groups in total. The summed E-state index contributed by atoms with van der Waals surface area (Å²) in [5, 5.41) is 0. The van der Waals surface area contributed by atoms with Crippen LogP contribution in [-0.4, -0.2) is 9.55 Å². The van der Waals surface area contributed by atoms with Crippen LogP contribution < -0.4 is 11.2 Å². The van der Waals surface area contributed by atoms with Crippen molar-refractivity contribution < 1.29 is 0 Å². The van der Waals surface area contributed by atoms with E-state index in [1.54, 1.807) is 4.57 Å². The first kappa shape index (κ1) is 13.9. The van der Waals surface area contributed by atoms with E-state index in [1.807, 2.05) is 18.2 Å². The quantitative estimate of drug-likeness (QED) is 0.934. The smallest absolute Gasteiger partial charge is 0.297 e. The summed E-state index contributed by atoms with van der Waals surface area (Å²) in [6.45, 7) is 0.673. The highest BCUT2D eigenvalue weighted by Gasteiger charge is 2.17. The van der Waals surface area contributed by atoms with Gasteiger partial charge in [-0.2, -0.15) is 0 Å². The number of rotatable bonds is 4. The molecule has 0 aliphatic heterocycles. The number of aryl methyl sites for hydroxylation is 1. The highest BCUT2D eigenvalue weighted by Crippen LogP contribution is 2.16. The van der Waals surface area contributed by atoms with Crippen LogP contribution in [0.4, 0.5) is 0 Å². The molecule has 1 heterocycles. The number of hydrogen-bond acceptors (Lipinski definition) is 2. The van der Waals surface area contributed by atoms with Gasteiger partial charge in [0.05, 0.1) is 0 Å². The Hall–Kier alpha value is -2.10. The maximum absolute atomic E-state index is 12.1. The van der Waals surface area contributed by atoms with Gasteiger partial charge in [0.25, 0.3) is 5.56 Å². The van der Waals surface area contributed by atoms with E-state index in [-0.39, 0.29) is 11.2 Å². The maximum Gasteiger partial charge on any atom is 0.328 e. The molecule has 0 unspecified atom stereocenters. The molecule has 4 heteroatoms. The number of benzene rings is 1. The molecule has 1 aliphatic rings. The first-order valence-electron chi connectivity index (χ1n) is 7.64. The van der Waals surface area contributed by atoms with Gasteiger partial charge in [-0.25, -0.2) is 4.79 Å². The molecule has 1 aliphatic carbocycles. The molecule has 1 aromatic heterocycles. The van der Waals surface area contributed by atoms with Gasteiger partial charge in [-0.1, -0.05) is 30.3 Å². The molecule has 110 valence electrons. The topological polar surface area (TPSA) is 54.9 Å². The summed E-state index contributed by atoms with van der Waals surface area (Å²) >= 11 is 0. The van der Waals surface area contributed by atoms with Crippen molar-refractivity contribution in [1.82, 2.24) is 9.55 Å². The Morgan fingerprint density at radius 3 is 2.62 bits per heavy atom. The number of aromatic nitrogens is 2. The highest BCUT2D eigenvalue weighted by molar-refractivity contribution is 5.20. The SMILES string of the molecule is O=c1[nH]c(=O)n(CCCc2ccccc2)c2c1CCCC2. The molecule has 21 heavy (non-hydrogen) atoms. The lowest BCUT2D eigenvalue weighted by Crippen LogP contribution is -2.36.